The minimum atomic E-state index is 0.686. The molecule has 17 heavy (non-hydrogen) atoms. The second kappa shape index (κ2) is 6.49. The number of nitrogens with two attached hydrogens (primary N) is 1. The maximum atomic E-state index is 5.66. The van der Waals surface area contributed by atoms with Crippen LogP contribution in [0.3, 0.4) is 0 Å². The molecule has 0 aliphatic rings. The van der Waals surface area contributed by atoms with Crippen molar-refractivity contribution in [3.8, 4) is 0 Å². The van der Waals surface area contributed by atoms with Gasteiger partial charge >= 0.3 is 0 Å². The van der Waals surface area contributed by atoms with Gasteiger partial charge < -0.3 is 5.73 Å². The third-order valence-corrected chi connectivity index (χ3v) is 3.32. The van der Waals surface area contributed by atoms with E-state index in [4.69, 9.17) is 5.73 Å². The van der Waals surface area contributed by atoms with Gasteiger partial charge in [-0.25, -0.2) is 0 Å². The van der Waals surface area contributed by atoms with E-state index in [-0.39, 0.29) is 0 Å². The first kappa shape index (κ1) is 12.2. The number of rotatable bonds is 6. The van der Waals surface area contributed by atoms with Gasteiger partial charge in [0.1, 0.15) is 0 Å². The van der Waals surface area contributed by atoms with Crippen molar-refractivity contribution in [3.05, 3.63) is 52.5 Å². The van der Waals surface area contributed by atoms with Crippen molar-refractivity contribution in [2.75, 3.05) is 13.1 Å². The van der Waals surface area contributed by atoms with E-state index in [1.807, 2.05) is 17.8 Å². The monoisotopic (exact) mass is 247 g/mol. The van der Waals surface area contributed by atoms with Gasteiger partial charge in [-0.2, -0.15) is 0 Å². The standard InChI is InChI=1S/C13H17N3S/c14-6-7-16(10-13-8-15-11-17-13)9-12-4-2-1-3-5-12/h1-5,8,11H,6-7,9-10,14H2. The molecular formula is C13H17N3S. The van der Waals surface area contributed by atoms with Crippen molar-refractivity contribution in [3.63, 3.8) is 0 Å². The SMILES string of the molecule is NCCN(Cc1ccccc1)Cc1cncs1. The van der Waals surface area contributed by atoms with Gasteiger partial charge in [-0.15, -0.1) is 11.3 Å². The molecule has 0 unspecified atom stereocenters. The van der Waals surface area contributed by atoms with Crippen LogP contribution in [0.2, 0.25) is 0 Å². The molecule has 90 valence electrons. The quantitative estimate of drug-likeness (QED) is 0.850. The molecule has 0 radical (unpaired) electrons. The molecular weight excluding hydrogens is 230 g/mol. The largest absolute Gasteiger partial charge is 0.329 e. The normalized spacial score (nSPS) is 10.9. The lowest BCUT2D eigenvalue weighted by Gasteiger charge is -2.20. The summed E-state index contributed by atoms with van der Waals surface area (Å²) in [6, 6.07) is 10.5. The zero-order valence-electron chi connectivity index (χ0n) is 9.75. The number of benzene rings is 1. The van der Waals surface area contributed by atoms with Crippen molar-refractivity contribution < 1.29 is 0 Å². The molecule has 0 amide bonds. The Bertz CT molecular complexity index is 413. The molecule has 3 nitrogen and oxygen atoms in total. The molecule has 2 N–H and O–H groups in total. The fraction of sp³-hybridized carbons (Fsp3) is 0.308. The fourth-order valence-corrected chi connectivity index (χ4v) is 2.41. The van der Waals surface area contributed by atoms with Gasteiger partial charge in [-0.1, -0.05) is 30.3 Å². The van der Waals surface area contributed by atoms with Crippen LogP contribution < -0.4 is 5.73 Å². The Morgan fingerprint density at radius 3 is 2.65 bits per heavy atom. The first-order valence-electron chi connectivity index (χ1n) is 5.72. The smallest absolute Gasteiger partial charge is 0.0794 e. The Labute approximate surface area is 106 Å². The van der Waals surface area contributed by atoms with E-state index in [1.165, 1.54) is 10.4 Å². The van der Waals surface area contributed by atoms with Crippen molar-refractivity contribution >= 4 is 11.3 Å². The minimum absolute atomic E-state index is 0.686. The lowest BCUT2D eigenvalue weighted by Crippen LogP contribution is -2.28. The summed E-state index contributed by atoms with van der Waals surface area (Å²) < 4.78 is 0. The van der Waals surface area contributed by atoms with Gasteiger partial charge in [-0.05, 0) is 5.56 Å². The summed E-state index contributed by atoms with van der Waals surface area (Å²) in [4.78, 5) is 7.74. The lowest BCUT2D eigenvalue weighted by atomic mass is 10.2. The highest BCUT2D eigenvalue weighted by Crippen LogP contribution is 2.12. The van der Waals surface area contributed by atoms with Crippen LogP contribution in [0.5, 0.6) is 0 Å². The van der Waals surface area contributed by atoms with Gasteiger partial charge in [0.05, 0.1) is 5.51 Å². The van der Waals surface area contributed by atoms with Crippen LogP contribution in [0.25, 0.3) is 0 Å². The van der Waals surface area contributed by atoms with E-state index in [9.17, 15) is 0 Å². The lowest BCUT2D eigenvalue weighted by molar-refractivity contribution is 0.266. The summed E-state index contributed by atoms with van der Waals surface area (Å²) in [5, 5.41) is 0. The van der Waals surface area contributed by atoms with Crippen molar-refractivity contribution in [1.29, 1.82) is 0 Å². The minimum Gasteiger partial charge on any atom is -0.329 e. The highest BCUT2D eigenvalue weighted by atomic mass is 32.1. The highest BCUT2D eigenvalue weighted by Gasteiger charge is 2.06. The molecule has 1 aromatic carbocycles. The van der Waals surface area contributed by atoms with Gasteiger partial charge in [-0.3, -0.25) is 9.88 Å². The van der Waals surface area contributed by atoms with E-state index in [0.29, 0.717) is 6.54 Å². The average molecular weight is 247 g/mol. The molecule has 0 aliphatic heterocycles. The van der Waals surface area contributed by atoms with Crippen LogP contribution in [0.4, 0.5) is 0 Å². The van der Waals surface area contributed by atoms with Gasteiger partial charge in [0.2, 0.25) is 0 Å². The molecule has 1 heterocycles. The van der Waals surface area contributed by atoms with Crippen molar-refractivity contribution in [2.24, 2.45) is 5.73 Å². The number of aromatic nitrogens is 1. The molecule has 0 fully saturated rings. The molecule has 2 aromatic rings. The van der Waals surface area contributed by atoms with E-state index >= 15 is 0 Å². The van der Waals surface area contributed by atoms with Gasteiger partial charge in [0.25, 0.3) is 0 Å². The van der Waals surface area contributed by atoms with Crippen LogP contribution in [0.15, 0.2) is 42.0 Å². The molecule has 2 rings (SSSR count). The van der Waals surface area contributed by atoms with Gasteiger partial charge in [0.15, 0.2) is 0 Å². The fourth-order valence-electron chi connectivity index (χ4n) is 1.78. The Morgan fingerprint density at radius 2 is 2.00 bits per heavy atom. The summed E-state index contributed by atoms with van der Waals surface area (Å²) in [6.07, 6.45) is 1.93. The summed E-state index contributed by atoms with van der Waals surface area (Å²) in [5.41, 5.74) is 8.86. The molecule has 0 saturated heterocycles. The summed E-state index contributed by atoms with van der Waals surface area (Å²) in [5.74, 6) is 0. The van der Waals surface area contributed by atoms with Crippen molar-refractivity contribution in [1.82, 2.24) is 9.88 Å². The van der Waals surface area contributed by atoms with E-state index < -0.39 is 0 Å². The van der Waals surface area contributed by atoms with E-state index in [2.05, 4.69) is 34.1 Å². The predicted molar refractivity (Wildman–Crippen MR) is 71.7 cm³/mol. The maximum Gasteiger partial charge on any atom is 0.0794 e. The summed E-state index contributed by atoms with van der Waals surface area (Å²) in [6.45, 7) is 3.46. The molecule has 0 bridgehead atoms. The van der Waals surface area contributed by atoms with Crippen LogP contribution >= 0.6 is 11.3 Å². The second-order valence-corrected chi connectivity index (χ2v) is 4.92. The zero-order chi connectivity index (χ0) is 11.9. The Balaban J connectivity index is 1.97. The number of nitrogens with zero attached hydrogens (tertiary/aromatic N) is 2. The van der Waals surface area contributed by atoms with Crippen molar-refractivity contribution in [2.45, 2.75) is 13.1 Å². The number of hydrogen-bond acceptors (Lipinski definition) is 4. The predicted octanol–water partition coefficient (Wildman–Crippen LogP) is 2.10. The third-order valence-electron chi connectivity index (χ3n) is 2.56. The van der Waals surface area contributed by atoms with E-state index in [1.54, 1.807) is 11.3 Å². The van der Waals surface area contributed by atoms with E-state index in [0.717, 1.165) is 19.6 Å². The molecule has 1 aromatic heterocycles. The van der Waals surface area contributed by atoms with Crippen LogP contribution in [0.1, 0.15) is 10.4 Å². The zero-order valence-corrected chi connectivity index (χ0v) is 10.6. The Morgan fingerprint density at radius 1 is 1.18 bits per heavy atom. The molecule has 0 saturated carbocycles. The van der Waals surface area contributed by atoms with Gasteiger partial charge in [0, 0.05) is 37.3 Å². The molecule has 4 heteroatoms. The second-order valence-electron chi connectivity index (χ2n) is 3.95. The summed E-state index contributed by atoms with van der Waals surface area (Å²) >= 11 is 1.69. The number of thiazole rings is 1. The molecule has 0 atom stereocenters. The topological polar surface area (TPSA) is 42.1 Å². The third kappa shape index (κ3) is 3.93. The van der Waals surface area contributed by atoms with Crippen LogP contribution in [0, 0.1) is 0 Å². The number of hydrogen-bond donors (Lipinski definition) is 1. The maximum absolute atomic E-state index is 5.66. The first-order chi connectivity index (χ1) is 8.38. The van der Waals surface area contributed by atoms with Crippen LogP contribution in [-0.4, -0.2) is 23.0 Å². The average Bonchev–Trinajstić information content (AvgIpc) is 2.83. The summed E-state index contributed by atoms with van der Waals surface area (Å²) in [7, 11) is 0. The highest BCUT2D eigenvalue weighted by molar-refractivity contribution is 7.09. The Hall–Kier alpha value is -1.23. The molecule has 0 aliphatic carbocycles. The molecule has 0 spiro atoms. The van der Waals surface area contributed by atoms with Crippen LogP contribution in [-0.2, 0) is 13.1 Å². The Kier molecular flexibility index (Phi) is 4.67. The first-order valence-corrected chi connectivity index (χ1v) is 6.60.